The van der Waals surface area contributed by atoms with Crippen LogP contribution in [0.2, 0.25) is 0 Å². The Hall–Kier alpha value is -2.40. The fourth-order valence-electron chi connectivity index (χ4n) is 3.18. The number of aliphatic hydroxyl groups is 1. The first-order chi connectivity index (χ1) is 12.2. The van der Waals surface area contributed by atoms with Crippen LogP contribution in [0.3, 0.4) is 0 Å². The lowest BCUT2D eigenvalue weighted by Crippen LogP contribution is -2.09. The van der Waals surface area contributed by atoms with E-state index >= 15 is 0 Å². The smallest absolute Gasteiger partial charge is 0.142 e. The first-order valence-electron chi connectivity index (χ1n) is 8.87. The van der Waals surface area contributed by atoms with Gasteiger partial charge in [0.2, 0.25) is 0 Å². The molecule has 2 N–H and O–H groups in total. The zero-order valence-electron chi connectivity index (χ0n) is 14.9. The number of imidazole rings is 1. The predicted octanol–water partition coefficient (Wildman–Crippen LogP) is 3.72. The summed E-state index contributed by atoms with van der Waals surface area (Å²) in [5.41, 5.74) is 3.95. The Kier molecular flexibility index (Phi) is 5.34. The molecular formula is C20H25N3O2. The Bertz CT molecular complexity index is 871. The van der Waals surface area contributed by atoms with Crippen molar-refractivity contribution < 1.29 is 10.2 Å². The van der Waals surface area contributed by atoms with E-state index < -0.39 is 0 Å². The van der Waals surface area contributed by atoms with E-state index in [2.05, 4.69) is 22.5 Å². The third kappa shape index (κ3) is 3.51. The van der Waals surface area contributed by atoms with Crippen molar-refractivity contribution in [1.29, 1.82) is 0 Å². The number of aromatic nitrogens is 3. The van der Waals surface area contributed by atoms with Crippen molar-refractivity contribution in [1.82, 2.24) is 14.5 Å². The second-order valence-electron chi connectivity index (χ2n) is 6.41. The highest BCUT2D eigenvalue weighted by Crippen LogP contribution is 2.27. The van der Waals surface area contributed by atoms with Gasteiger partial charge in [-0.1, -0.05) is 31.9 Å². The number of aliphatic hydroxyl groups excluding tert-OH is 1. The molecule has 25 heavy (non-hydrogen) atoms. The highest BCUT2D eigenvalue weighted by atomic mass is 16.3. The maximum Gasteiger partial charge on any atom is 0.142 e. The number of para-hydroxylation sites is 2. The van der Waals surface area contributed by atoms with Gasteiger partial charge in [-0.2, -0.15) is 0 Å². The average molecular weight is 339 g/mol. The van der Waals surface area contributed by atoms with Crippen molar-refractivity contribution in [2.45, 2.75) is 52.7 Å². The van der Waals surface area contributed by atoms with Gasteiger partial charge in [-0.3, -0.25) is 4.98 Å². The van der Waals surface area contributed by atoms with Crippen molar-refractivity contribution in [3.63, 3.8) is 0 Å². The minimum Gasteiger partial charge on any atom is -0.506 e. The van der Waals surface area contributed by atoms with Gasteiger partial charge in [-0.05, 0) is 25.5 Å². The number of hydrogen-bond donors (Lipinski definition) is 2. The van der Waals surface area contributed by atoms with Gasteiger partial charge in [0.05, 0.1) is 29.9 Å². The summed E-state index contributed by atoms with van der Waals surface area (Å²) in [7, 11) is 0. The molecule has 3 rings (SSSR count). The number of nitrogens with zero attached hydrogens (tertiary/aromatic N) is 3. The van der Waals surface area contributed by atoms with Crippen LogP contribution in [0.5, 0.6) is 5.75 Å². The van der Waals surface area contributed by atoms with Crippen LogP contribution in [-0.4, -0.2) is 24.7 Å². The number of rotatable bonds is 7. The van der Waals surface area contributed by atoms with E-state index in [1.165, 1.54) is 12.8 Å². The summed E-state index contributed by atoms with van der Waals surface area (Å²) in [6.45, 7) is 4.30. The lowest BCUT2D eigenvalue weighted by atomic mass is 10.1. The lowest BCUT2D eigenvalue weighted by molar-refractivity contribution is 0.278. The van der Waals surface area contributed by atoms with Gasteiger partial charge in [-0.15, -0.1) is 0 Å². The molecule has 0 saturated heterocycles. The molecule has 0 aliphatic rings. The van der Waals surface area contributed by atoms with Crippen molar-refractivity contribution >= 4 is 11.0 Å². The molecular weight excluding hydrogens is 314 g/mol. The molecule has 5 heteroatoms. The summed E-state index contributed by atoms with van der Waals surface area (Å²) in [5, 5.41) is 20.1. The predicted molar refractivity (Wildman–Crippen MR) is 98.6 cm³/mol. The molecule has 0 unspecified atom stereocenters. The monoisotopic (exact) mass is 339 g/mol. The van der Waals surface area contributed by atoms with Gasteiger partial charge in [0.25, 0.3) is 0 Å². The highest BCUT2D eigenvalue weighted by Gasteiger charge is 2.16. The first-order valence-corrected chi connectivity index (χ1v) is 8.87. The third-order valence-electron chi connectivity index (χ3n) is 4.65. The van der Waals surface area contributed by atoms with E-state index in [1.54, 1.807) is 13.1 Å². The molecule has 0 fully saturated rings. The number of aromatic hydroxyl groups is 1. The van der Waals surface area contributed by atoms with Crippen LogP contribution in [0, 0.1) is 6.92 Å². The molecule has 0 radical (unpaired) electrons. The Labute approximate surface area is 148 Å². The Morgan fingerprint density at radius 1 is 1.16 bits per heavy atom. The van der Waals surface area contributed by atoms with E-state index in [9.17, 15) is 10.2 Å². The molecule has 0 bridgehead atoms. The molecule has 2 aromatic heterocycles. The van der Waals surface area contributed by atoms with Gasteiger partial charge in [0.15, 0.2) is 0 Å². The van der Waals surface area contributed by atoms with Gasteiger partial charge >= 0.3 is 0 Å². The molecule has 0 aliphatic carbocycles. The van der Waals surface area contributed by atoms with Crippen LogP contribution in [-0.2, 0) is 19.6 Å². The van der Waals surface area contributed by atoms with Gasteiger partial charge < -0.3 is 14.8 Å². The van der Waals surface area contributed by atoms with Crippen molar-refractivity contribution in [3.8, 4) is 5.75 Å². The normalized spacial score (nSPS) is 11.3. The van der Waals surface area contributed by atoms with Crippen LogP contribution in [0.1, 0.15) is 48.8 Å². The molecule has 3 aromatic rings. The van der Waals surface area contributed by atoms with Crippen LogP contribution >= 0.6 is 0 Å². The zero-order chi connectivity index (χ0) is 17.8. The Balaban J connectivity index is 2.06. The summed E-state index contributed by atoms with van der Waals surface area (Å²) in [4.78, 5) is 8.94. The van der Waals surface area contributed by atoms with Crippen LogP contribution < -0.4 is 0 Å². The highest BCUT2D eigenvalue weighted by molar-refractivity contribution is 5.76. The molecule has 0 atom stereocenters. The van der Waals surface area contributed by atoms with Gasteiger partial charge in [-0.25, -0.2) is 4.98 Å². The summed E-state index contributed by atoms with van der Waals surface area (Å²) in [6.07, 6.45) is 5.97. The molecule has 132 valence electrons. The number of unbranched alkanes of at least 4 members (excludes halogenated alkanes) is 2. The maximum atomic E-state index is 10.5. The van der Waals surface area contributed by atoms with Gasteiger partial charge in [0, 0.05) is 23.7 Å². The summed E-state index contributed by atoms with van der Waals surface area (Å²) in [5.74, 6) is 1.18. The minimum atomic E-state index is -0.145. The maximum absolute atomic E-state index is 10.5. The number of pyridine rings is 1. The summed E-state index contributed by atoms with van der Waals surface area (Å²) in [6, 6.07) is 8.05. The first kappa shape index (κ1) is 17.4. The second kappa shape index (κ2) is 7.66. The van der Waals surface area contributed by atoms with Crippen LogP contribution in [0.4, 0.5) is 0 Å². The number of fused-ring (bicyclic) bond motifs is 1. The standard InChI is InChI=1S/C20H25N3O2/c1-3-4-5-10-19-22-17-8-6-7-9-18(17)23(19)12-16-15(13-24)11-21-14(2)20(16)25/h6-9,11,24-25H,3-5,10,12-13H2,1-2H3. The Morgan fingerprint density at radius 2 is 1.96 bits per heavy atom. The van der Waals surface area contributed by atoms with E-state index in [4.69, 9.17) is 4.98 Å². The average Bonchev–Trinajstić information content (AvgIpc) is 2.97. The van der Waals surface area contributed by atoms with E-state index in [1.807, 2.05) is 18.2 Å². The van der Waals surface area contributed by atoms with Crippen molar-refractivity contribution in [3.05, 3.63) is 53.1 Å². The Morgan fingerprint density at radius 3 is 2.72 bits per heavy atom. The fourth-order valence-corrected chi connectivity index (χ4v) is 3.18. The van der Waals surface area contributed by atoms with E-state index in [0.29, 0.717) is 17.8 Å². The molecule has 0 amide bonds. The molecule has 0 spiro atoms. The molecule has 0 aliphatic heterocycles. The number of benzene rings is 1. The van der Waals surface area contributed by atoms with Crippen molar-refractivity contribution in [2.24, 2.45) is 0 Å². The molecule has 1 aromatic carbocycles. The quantitative estimate of drug-likeness (QED) is 0.644. The molecule has 0 saturated carbocycles. The number of hydrogen-bond acceptors (Lipinski definition) is 4. The lowest BCUT2D eigenvalue weighted by Gasteiger charge is -2.15. The largest absolute Gasteiger partial charge is 0.506 e. The third-order valence-corrected chi connectivity index (χ3v) is 4.65. The van der Waals surface area contributed by atoms with E-state index in [-0.39, 0.29) is 12.4 Å². The van der Waals surface area contributed by atoms with Crippen LogP contribution in [0.25, 0.3) is 11.0 Å². The summed E-state index contributed by atoms with van der Waals surface area (Å²) >= 11 is 0. The van der Waals surface area contributed by atoms with Crippen molar-refractivity contribution in [2.75, 3.05) is 0 Å². The number of aryl methyl sites for hydroxylation is 2. The second-order valence-corrected chi connectivity index (χ2v) is 6.41. The molecule has 5 nitrogen and oxygen atoms in total. The SMILES string of the molecule is CCCCCc1nc2ccccc2n1Cc1c(CO)cnc(C)c1O. The summed E-state index contributed by atoms with van der Waals surface area (Å²) < 4.78 is 2.15. The van der Waals surface area contributed by atoms with E-state index in [0.717, 1.165) is 35.3 Å². The van der Waals surface area contributed by atoms with Crippen LogP contribution in [0.15, 0.2) is 30.5 Å². The minimum absolute atomic E-state index is 0.145. The topological polar surface area (TPSA) is 71.2 Å². The fraction of sp³-hybridized carbons (Fsp3) is 0.400. The molecule has 2 heterocycles. The zero-order valence-corrected chi connectivity index (χ0v) is 14.9. The van der Waals surface area contributed by atoms with Gasteiger partial charge in [0.1, 0.15) is 11.6 Å².